The van der Waals surface area contributed by atoms with E-state index in [0.717, 1.165) is 11.3 Å². The second kappa shape index (κ2) is 4.35. The van der Waals surface area contributed by atoms with Crippen LogP contribution in [0.5, 0.6) is 0 Å². The number of rotatable bonds is 1. The van der Waals surface area contributed by atoms with Crippen LogP contribution in [0.3, 0.4) is 0 Å². The molecule has 1 N–H and O–H groups in total. The average molecular weight is 249 g/mol. The van der Waals surface area contributed by atoms with Gasteiger partial charge in [-0.2, -0.15) is 0 Å². The molecule has 0 bridgehead atoms. The van der Waals surface area contributed by atoms with Crippen LogP contribution in [0.2, 0.25) is 0 Å². The van der Waals surface area contributed by atoms with Gasteiger partial charge in [0.2, 0.25) is 5.91 Å². The molecule has 2 atom stereocenters. The van der Waals surface area contributed by atoms with Gasteiger partial charge in [0.25, 0.3) is 0 Å². The van der Waals surface area contributed by atoms with E-state index in [-0.39, 0.29) is 17.9 Å². The lowest BCUT2D eigenvalue weighted by Crippen LogP contribution is -2.34. The van der Waals surface area contributed by atoms with Gasteiger partial charge in [-0.25, -0.2) is 0 Å². The number of benzene rings is 1. The lowest BCUT2D eigenvalue weighted by Gasteiger charge is -2.20. The fourth-order valence-electron chi connectivity index (χ4n) is 2.53. The molecule has 0 saturated carbocycles. The van der Waals surface area contributed by atoms with Crippen molar-refractivity contribution in [2.75, 3.05) is 18.8 Å². The number of hydrogen-bond donors (Lipinski definition) is 1. The van der Waals surface area contributed by atoms with Crippen LogP contribution < -0.4 is 0 Å². The molecule has 2 aliphatic rings. The van der Waals surface area contributed by atoms with Gasteiger partial charge in [0.1, 0.15) is 0 Å². The molecule has 1 aromatic carbocycles. The molecule has 1 unspecified atom stereocenters. The molecule has 0 aromatic heterocycles. The van der Waals surface area contributed by atoms with Gasteiger partial charge in [-0.05, 0) is 18.1 Å². The Morgan fingerprint density at radius 1 is 1.41 bits per heavy atom. The van der Waals surface area contributed by atoms with Gasteiger partial charge < -0.3 is 10.0 Å². The van der Waals surface area contributed by atoms with E-state index in [1.807, 2.05) is 18.2 Å². The lowest BCUT2D eigenvalue weighted by atomic mass is 10.00. The summed E-state index contributed by atoms with van der Waals surface area (Å²) in [5.41, 5.74) is 1.16. The Labute approximate surface area is 105 Å². The number of aliphatic hydroxyl groups excluding tert-OH is 1. The van der Waals surface area contributed by atoms with Gasteiger partial charge in [-0.15, -0.1) is 11.8 Å². The van der Waals surface area contributed by atoms with Crippen LogP contribution in [0.4, 0.5) is 0 Å². The minimum atomic E-state index is -0.330. The van der Waals surface area contributed by atoms with Crippen LogP contribution in [0.15, 0.2) is 29.2 Å². The number of hydrogen-bond acceptors (Lipinski definition) is 3. The Morgan fingerprint density at radius 3 is 3.00 bits per heavy atom. The highest BCUT2D eigenvalue weighted by atomic mass is 32.2. The Balaban J connectivity index is 1.80. The first-order valence-corrected chi connectivity index (χ1v) is 6.93. The molecule has 4 heteroatoms. The number of aliphatic hydroxyl groups is 1. The van der Waals surface area contributed by atoms with Crippen LogP contribution in [-0.2, 0) is 4.79 Å². The molecule has 3 nitrogen and oxygen atoms in total. The predicted molar refractivity (Wildman–Crippen MR) is 67.1 cm³/mol. The van der Waals surface area contributed by atoms with Crippen molar-refractivity contribution in [2.45, 2.75) is 23.3 Å². The third kappa shape index (κ3) is 1.96. The van der Waals surface area contributed by atoms with Crippen molar-refractivity contribution in [3.8, 4) is 0 Å². The zero-order valence-corrected chi connectivity index (χ0v) is 10.3. The number of carbonyl (C=O) groups excluding carboxylic acids is 1. The summed E-state index contributed by atoms with van der Waals surface area (Å²) in [6.07, 6.45) is 0.385. The highest BCUT2D eigenvalue weighted by Crippen LogP contribution is 2.40. The van der Waals surface area contributed by atoms with Crippen LogP contribution in [0, 0.1) is 0 Å². The van der Waals surface area contributed by atoms with Crippen molar-refractivity contribution in [3.05, 3.63) is 29.8 Å². The SMILES string of the molecule is O=C(C1CSc2ccccc21)N1CC[C@H](O)C1. The van der Waals surface area contributed by atoms with E-state index in [1.54, 1.807) is 16.7 Å². The lowest BCUT2D eigenvalue weighted by molar-refractivity contribution is -0.131. The molecular formula is C13H15NO2S. The molecule has 2 aliphatic heterocycles. The first kappa shape index (κ1) is 11.1. The standard InChI is InChI=1S/C13H15NO2S/c15-9-5-6-14(7-9)13(16)11-8-17-12-4-2-1-3-10(11)12/h1-4,9,11,15H,5-8H2/t9-,11?/m0/s1. The highest BCUT2D eigenvalue weighted by Gasteiger charge is 2.34. The molecule has 2 heterocycles. The number of β-amino-alcohol motifs (C(OH)–C–C–N with tert-alkyl or cyclic N) is 1. The number of likely N-dealkylation sites (tertiary alicyclic amines) is 1. The Kier molecular flexibility index (Phi) is 2.84. The summed E-state index contributed by atoms with van der Waals surface area (Å²) in [6, 6.07) is 8.12. The van der Waals surface area contributed by atoms with Crippen molar-refractivity contribution in [1.29, 1.82) is 0 Å². The van der Waals surface area contributed by atoms with Crippen LogP contribution in [-0.4, -0.2) is 40.9 Å². The third-order valence-corrected chi connectivity index (χ3v) is 4.66. The topological polar surface area (TPSA) is 40.5 Å². The fourth-order valence-corrected chi connectivity index (χ4v) is 3.75. The monoisotopic (exact) mass is 249 g/mol. The summed E-state index contributed by atoms with van der Waals surface area (Å²) >= 11 is 1.75. The molecule has 0 spiro atoms. The minimum Gasteiger partial charge on any atom is -0.391 e. The molecule has 90 valence electrons. The van der Waals surface area contributed by atoms with E-state index in [0.29, 0.717) is 19.5 Å². The largest absolute Gasteiger partial charge is 0.391 e. The van der Waals surface area contributed by atoms with Gasteiger partial charge in [0.15, 0.2) is 0 Å². The van der Waals surface area contributed by atoms with Gasteiger partial charge in [-0.3, -0.25) is 4.79 Å². The van der Waals surface area contributed by atoms with Crippen LogP contribution >= 0.6 is 11.8 Å². The van der Waals surface area contributed by atoms with Crippen molar-refractivity contribution < 1.29 is 9.90 Å². The van der Waals surface area contributed by atoms with Crippen molar-refractivity contribution in [1.82, 2.24) is 4.90 Å². The third-order valence-electron chi connectivity index (χ3n) is 3.47. The molecule has 1 amide bonds. The van der Waals surface area contributed by atoms with Crippen molar-refractivity contribution in [2.24, 2.45) is 0 Å². The van der Waals surface area contributed by atoms with Crippen LogP contribution in [0.25, 0.3) is 0 Å². The first-order chi connectivity index (χ1) is 8.25. The number of nitrogens with zero attached hydrogens (tertiary/aromatic N) is 1. The molecule has 3 rings (SSSR count). The maximum atomic E-state index is 12.4. The van der Waals surface area contributed by atoms with Gasteiger partial charge in [-0.1, -0.05) is 18.2 Å². The predicted octanol–water partition coefficient (Wildman–Crippen LogP) is 1.47. The Hall–Kier alpha value is -1.00. The second-order valence-electron chi connectivity index (χ2n) is 4.63. The summed E-state index contributed by atoms with van der Waals surface area (Å²) in [6.45, 7) is 1.20. The average Bonchev–Trinajstić information content (AvgIpc) is 2.94. The molecule has 0 radical (unpaired) electrons. The summed E-state index contributed by atoms with van der Waals surface area (Å²) in [5.74, 6) is 1.01. The normalized spacial score (nSPS) is 27.2. The maximum absolute atomic E-state index is 12.4. The summed E-state index contributed by atoms with van der Waals surface area (Å²) in [4.78, 5) is 15.4. The molecule has 1 fully saturated rings. The van der Waals surface area contributed by atoms with Crippen LogP contribution in [0.1, 0.15) is 17.9 Å². The quantitative estimate of drug-likeness (QED) is 0.819. The molecular weight excluding hydrogens is 234 g/mol. The van der Waals surface area contributed by atoms with Crippen molar-refractivity contribution in [3.63, 3.8) is 0 Å². The van der Waals surface area contributed by atoms with E-state index in [9.17, 15) is 9.90 Å². The summed E-state index contributed by atoms with van der Waals surface area (Å²) in [7, 11) is 0. The van der Waals surface area contributed by atoms with Crippen molar-refractivity contribution >= 4 is 17.7 Å². The Bertz CT molecular complexity index is 449. The number of fused-ring (bicyclic) bond motifs is 1. The molecule has 0 aliphatic carbocycles. The van der Waals surface area contributed by atoms with E-state index in [1.165, 1.54) is 4.90 Å². The Morgan fingerprint density at radius 2 is 2.24 bits per heavy atom. The summed E-state index contributed by atoms with van der Waals surface area (Å²) < 4.78 is 0. The zero-order chi connectivity index (χ0) is 11.8. The van der Waals surface area contributed by atoms with Gasteiger partial charge in [0, 0.05) is 23.7 Å². The second-order valence-corrected chi connectivity index (χ2v) is 5.69. The first-order valence-electron chi connectivity index (χ1n) is 5.94. The molecule has 17 heavy (non-hydrogen) atoms. The van der Waals surface area contributed by atoms with E-state index in [4.69, 9.17) is 0 Å². The van der Waals surface area contributed by atoms with Gasteiger partial charge >= 0.3 is 0 Å². The molecule has 1 saturated heterocycles. The maximum Gasteiger partial charge on any atom is 0.231 e. The fraction of sp³-hybridized carbons (Fsp3) is 0.462. The minimum absolute atomic E-state index is 0.0125. The smallest absolute Gasteiger partial charge is 0.231 e. The number of thioether (sulfide) groups is 1. The number of amides is 1. The van der Waals surface area contributed by atoms with E-state index < -0.39 is 0 Å². The highest BCUT2D eigenvalue weighted by molar-refractivity contribution is 7.99. The van der Waals surface area contributed by atoms with Gasteiger partial charge in [0.05, 0.1) is 12.0 Å². The molecule has 1 aromatic rings. The number of carbonyl (C=O) groups is 1. The summed E-state index contributed by atoms with van der Waals surface area (Å²) in [5, 5.41) is 9.49. The zero-order valence-electron chi connectivity index (χ0n) is 9.50. The van der Waals surface area contributed by atoms with E-state index >= 15 is 0 Å². The van der Waals surface area contributed by atoms with E-state index in [2.05, 4.69) is 6.07 Å².